The lowest BCUT2D eigenvalue weighted by molar-refractivity contribution is -0.183. The number of hydrogen-bond acceptors (Lipinski definition) is 11. The highest BCUT2D eigenvalue weighted by Gasteiger charge is 2.37. The van der Waals surface area contributed by atoms with Crippen molar-refractivity contribution in [1.82, 2.24) is 20.2 Å². The minimum absolute atomic E-state index is 0.116. The fourth-order valence-electron chi connectivity index (χ4n) is 3.49. The van der Waals surface area contributed by atoms with Gasteiger partial charge in [0.1, 0.15) is 5.75 Å². The molecule has 2 amide bonds. The number of carbonyl (C=O) groups excluding carboxylic acids is 3. The topological polar surface area (TPSA) is 128 Å². The third kappa shape index (κ3) is 7.94. The molecule has 0 aliphatic carbocycles. The number of benzene rings is 2. The van der Waals surface area contributed by atoms with Crippen LogP contribution in [0.3, 0.4) is 0 Å². The Morgan fingerprint density at radius 1 is 0.923 bits per heavy atom. The SMILES string of the molecule is CN(C)CCCCN1OC(=O)C(=O)ON(c2ccc(-c3nnc(CSCCOc4ccccc4)o3)cc2)C1=O. The number of rotatable bonds is 13. The largest absolute Gasteiger partial charge is 0.493 e. The molecule has 39 heavy (non-hydrogen) atoms. The second-order valence-electron chi connectivity index (χ2n) is 8.71. The average Bonchev–Trinajstić information content (AvgIpc) is 3.38. The predicted octanol–water partition coefficient (Wildman–Crippen LogP) is 3.55. The van der Waals surface area contributed by atoms with Gasteiger partial charge in [0, 0.05) is 11.3 Å². The van der Waals surface area contributed by atoms with E-state index in [1.54, 1.807) is 36.0 Å². The van der Waals surface area contributed by atoms with Crippen LogP contribution in [0.15, 0.2) is 59.0 Å². The first kappa shape index (κ1) is 27.9. The van der Waals surface area contributed by atoms with E-state index in [2.05, 4.69) is 10.2 Å². The highest BCUT2D eigenvalue weighted by molar-refractivity contribution is 7.98. The van der Waals surface area contributed by atoms with Gasteiger partial charge >= 0.3 is 18.0 Å². The van der Waals surface area contributed by atoms with Crippen molar-refractivity contribution in [2.45, 2.75) is 18.6 Å². The maximum Gasteiger partial charge on any atom is 0.444 e. The zero-order chi connectivity index (χ0) is 27.6. The van der Waals surface area contributed by atoms with Gasteiger partial charge in [0.2, 0.25) is 11.8 Å². The molecule has 206 valence electrons. The zero-order valence-electron chi connectivity index (χ0n) is 21.6. The molecule has 3 aromatic rings. The average molecular weight is 556 g/mol. The van der Waals surface area contributed by atoms with Crippen molar-refractivity contribution in [3.05, 3.63) is 60.5 Å². The molecule has 0 spiro atoms. The summed E-state index contributed by atoms with van der Waals surface area (Å²) in [5, 5.41) is 9.74. The summed E-state index contributed by atoms with van der Waals surface area (Å²) in [6.45, 7) is 1.47. The van der Waals surface area contributed by atoms with Crippen molar-refractivity contribution in [3.8, 4) is 17.2 Å². The van der Waals surface area contributed by atoms with Crippen molar-refractivity contribution in [3.63, 3.8) is 0 Å². The van der Waals surface area contributed by atoms with Crippen LogP contribution in [-0.2, 0) is 25.0 Å². The molecule has 1 fully saturated rings. The Kier molecular flexibility index (Phi) is 9.75. The van der Waals surface area contributed by atoms with E-state index in [0.29, 0.717) is 36.1 Å². The molecule has 12 nitrogen and oxygen atoms in total. The first-order valence-electron chi connectivity index (χ1n) is 12.3. The van der Waals surface area contributed by atoms with E-state index in [0.717, 1.165) is 34.6 Å². The Labute approximate surface area is 229 Å². The van der Waals surface area contributed by atoms with Crippen LogP contribution in [0.25, 0.3) is 11.5 Å². The molecule has 0 bridgehead atoms. The van der Waals surface area contributed by atoms with E-state index >= 15 is 0 Å². The summed E-state index contributed by atoms with van der Waals surface area (Å²) in [6, 6.07) is 15.2. The molecule has 0 atom stereocenters. The summed E-state index contributed by atoms with van der Waals surface area (Å²) in [5.41, 5.74) is 0.832. The molecule has 1 aromatic heterocycles. The van der Waals surface area contributed by atoms with Crippen LogP contribution in [0.4, 0.5) is 10.5 Å². The van der Waals surface area contributed by atoms with E-state index in [4.69, 9.17) is 18.8 Å². The number of ether oxygens (including phenoxy) is 1. The molecular weight excluding hydrogens is 526 g/mol. The van der Waals surface area contributed by atoms with E-state index < -0.39 is 18.0 Å². The van der Waals surface area contributed by atoms with Gasteiger partial charge in [-0.1, -0.05) is 18.2 Å². The third-order valence-electron chi connectivity index (χ3n) is 5.42. The van der Waals surface area contributed by atoms with Crippen LogP contribution in [-0.4, -0.2) is 77.7 Å². The van der Waals surface area contributed by atoms with Crippen molar-refractivity contribution in [2.24, 2.45) is 0 Å². The molecule has 1 saturated heterocycles. The van der Waals surface area contributed by atoms with Crippen LogP contribution in [0, 0.1) is 0 Å². The molecule has 13 heteroatoms. The van der Waals surface area contributed by atoms with Crippen molar-refractivity contribution < 1.29 is 33.2 Å². The predicted molar refractivity (Wildman–Crippen MR) is 142 cm³/mol. The summed E-state index contributed by atoms with van der Waals surface area (Å²) in [6.07, 6.45) is 1.33. The lowest BCUT2D eigenvalue weighted by Gasteiger charge is -2.23. The van der Waals surface area contributed by atoms with E-state index in [9.17, 15) is 14.4 Å². The molecule has 4 rings (SSSR count). The number of amides is 2. The van der Waals surface area contributed by atoms with Crippen LogP contribution >= 0.6 is 11.8 Å². The Morgan fingerprint density at radius 2 is 1.67 bits per heavy atom. The Balaban J connectivity index is 1.32. The van der Waals surface area contributed by atoms with Gasteiger partial charge in [-0.3, -0.25) is 0 Å². The highest BCUT2D eigenvalue weighted by Crippen LogP contribution is 2.25. The minimum Gasteiger partial charge on any atom is -0.493 e. The molecule has 0 N–H and O–H groups in total. The number of aromatic nitrogens is 2. The summed E-state index contributed by atoms with van der Waals surface area (Å²) >= 11 is 1.61. The van der Waals surface area contributed by atoms with Crippen molar-refractivity contribution in [1.29, 1.82) is 0 Å². The fourth-order valence-corrected chi connectivity index (χ4v) is 4.12. The van der Waals surface area contributed by atoms with Crippen LogP contribution in [0.2, 0.25) is 0 Å². The number of hydrogen-bond donors (Lipinski definition) is 0. The molecule has 2 heterocycles. The first-order chi connectivity index (χ1) is 18.9. The van der Waals surface area contributed by atoms with Gasteiger partial charge in [-0.2, -0.15) is 0 Å². The van der Waals surface area contributed by atoms with E-state index in [1.165, 1.54) is 0 Å². The second kappa shape index (κ2) is 13.6. The molecule has 2 aromatic carbocycles. The number of thioether (sulfide) groups is 1. The Hall–Kier alpha value is -4.10. The highest BCUT2D eigenvalue weighted by atomic mass is 32.2. The summed E-state index contributed by atoms with van der Waals surface area (Å²) < 4.78 is 11.4. The number of unbranched alkanes of at least 4 members (excludes halogenated alkanes) is 1. The summed E-state index contributed by atoms with van der Waals surface area (Å²) in [5.74, 6) is 0.316. The van der Waals surface area contributed by atoms with Crippen LogP contribution in [0.5, 0.6) is 5.75 Å². The van der Waals surface area contributed by atoms with Gasteiger partial charge in [-0.15, -0.1) is 32.1 Å². The van der Waals surface area contributed by atoms with Gasteiger partial charge in [-0.25, -0.2) is 14.4 Å². The van der Waals surface area contributed by atoms with Crippen molar-refractivity contribution >= 4 is 35.4 Å². The quantitative estimate of drug-likeness (QED) is 0.227. The number of anilines is 1. The monoisotopic (exact) mass is 555 g/mol. The molecular formula is C26H29N5O7S. The van der Waals surface area contributed by atoms with Crippen LogP contribution in [0.1, 0.15) is 18.7 Å². The molecule has 1 aliphatic rings. The lowest BCUT2D eigenvalue weighted by atomic mass is 10.2. The summed E-state index contributed by atoms with van der Waals surface area (Å²) in [4.78, 5) is 48.9. The molecule has 0 saturated carbocycles. The number of carbonyl (C=O) groups is 3. The molecule has 1 aliphatic heterocycles. The molecule has 0 unspecified atom stereocenters. The smallest absolute Gasteiger partial charge is 0.444 e. The van der Waals surface area contributed by atoms with Crippen molar-refractivity contribution in [2.75, 3.05) is 44.6 Å². The standard InChI is InChI=1S/C26H29N5O7S/c1-29(2)14-6-7-15-30-26(34)31(38-25(33)24(32)37-30)20-12-10-19(11-13-20)23-28-27-22(36-23)18-39-17-16-35-21-8-4-3-5-9-21/h3-5,8-13H,6-7,14-18H2,1-2H3. The molecule has 0 radical (unpaired) electrons. The summed E-state index contributed by atoms with van der Waals surface area (Å²) in [7, 11) is 3.87. The maximum absolute atomic E-state index is 13.0. The normalized spacial score (nSPS) is 13.9. The fraction of sp³-hybridized carbons (Fsp3) is 0.346. The number of para-hydroxylation sites is 1. The van der Waals surface area contributed by atoms with Gasteiger partial charge in [-0.05, 0) is 69.9 Å². The maximum atomic E-state index is 13.0. The first-order valence-corrected chi connectivity index (χ1v) is 13.4. The van der Waals surface area contributed by atoms with E-state index in [-0.39, 0.29) is 12.2 Å². The number of hydroxylamine groups is 3. The van der Waals surface area contributed by atoms with E-state index in [1.807, 2.05) is 49.3 Å². The second-order valence-corrected chi connectivity index (χ2v) is 9.81. The van der Waals surface area contributed by atoms with Gasteiger partial charge < -0.3 is 23.7 Å². The van der Waals surface area contributed by atoms with Crippen LogP contribution < -0.4 is 9.80 Å². The van der Waals surface area contributed by atoms with Gasteiger partial charge in [0.05, 0.1) is 24.6 Å². The minimum atomic E-state index is -1.29. The third-order valence-corrected chi connectivity index (χ3v) is 6.32. The Bertz CT molecular complexity index is 1250. The lowest BCUT2D eigenvalue weighted by Crippen LogP contribution is -2.41. The number of nitrogens with zero attached hydrogens (tertiary/aromatic N) is 5. The zero-order valence-corrected chi connectivity index (χ0v) is 22.5. The van der Waals surface area contributed by atoms with Gasteiger partial charge in [0.25, 0.3) is 0 Å². The Morgan fingerprint density at radius 3 is 2.41 bits per heavy atom. The number of urea groups is 1. The van der Waals surface area contributed by atoms with Gasteiger partial charge in [0.15, 0.2) is 0 Å².